The minimum Gasteiger partial charge on any atom is -0.352 e. The Morgan fingerprint density at radius 2 is 1.88 bits per heavy atom. The molecule has 0 spiro atoms. The fourth-order valence-electron chi connectivity index (χ4n) is 3.38. The number of benzene rings is 2. The second-order valence-corrected chi connectivity index (χ2v) is 6.68. The van der Waals surface area contributed by atoms with Crippen LogP contribution in [0.4, 0.5) is 10.3 Å². The minimum absolute atomic E-state index is 0.0103. The first-order valence-electron chi connectivity index (χ1n) is 8.91. The van der Waals surface area contributed by atoms with Crippen LogP contribution in [0.2, 0.25) is 0 Å². The average Bonchev–Trinajstić information content (AvgIpc) is 3.12. The Kier molecular flexibility index (Phi) is 4.56. The number of imidazole rings is 1. The van der Waals surface area contributed by atoms with E-state index in [1.165, 1.54) is 12.1 Å². The Balaban J connectivity index is 1.31. The standard InChI is InChI=1S/C20H21FN4O/c21-16-7-5-14(6-8-16)13-22-19(26)15-9-11-25(12-10-15)20-23-17-3-1-2-4-18(17)24-20/h1-8,15H,9-13H2,(H,22,26)(H,23,24). The van der Waals surface area contributed by atoms with Crippen molar-refractivity contribution in [1.29, 1.82) is 0 Å². The third-order valence-electron chi connectivity index (χ3n) is 4.92. The number of amides is 1. The largest absolute Gasteiger partial charge is 0.352 e. The van der Waals surface area contributed by atoms with Gasteiger partial charge in [0.05, 0.1) is 11.0 Å². The summed E-state index contributed by atoms with van der Waals surface area (Å²) in [7, 11) is 0. The van der Waals surface area contributed by atoms with Gasteiger partial charge in [-0.3, -0.25) is 4.79 Å². The number of hydrogen-bond acceptors (Lipinski definition) is 3. The van der Waals surface area contributed by atoms with Crippen molar-refractivity contribution in [2.24, 2.45) is 5.92 Å². The van der Waals surface area contributed by atoms with Gasteiger partial charge >= 0.3 is 0 Å². The second-order valence-electron chi connectivity index (χ2n) is 6.68. The molecule has 0 unspecified atom stereocenters. The van der Waals surface area contributed by atoms with Crippen molar-refractivity contribution in [3.63, 3.8) is 0 Å². The summed E-state index contributed by atoms with van der Waals surface area (Å²) < 4.78 is 12.9. The van der Waals surface area contributed by atoms with Gasteiger partial charge in [0.2, 0.25) is 11.9 Å². The maximum Gasteiger partial charge on any atom is 0.223 e. The third-order valence-corrected chi connectivity index (χ3v) is 4.92. The second kappa shape index (κ2) is 7.15. The van der Waals surface area contributed by atoms with E-state index in [0.717, 1.165) is 48.5 Å². The van der Waals surface area contributed by atoms with E-state index in [9.17, 15) is 9.18 Å². The number of aromatic amines is 1. The molecular weight excluding hydrogens is 331 g/mol. The van der Waals surface area contributed by atoms with Crippen LogP contribution in [0.15, 0.2) is 48.5 Å². The maximum atomic E-state index is 12.9. The van der Waals surface area contributed by atoms with Crippen LogP contribution < -0.4 is 10.2 Å². The summed E-state index contributed by atoms with van der Waals surface area (Å²) >= 11 is 0. The third kappa shape index (κ3) is 3.54. The van der Waals surface area contributed by atoms with Crippen molar-refractivity contribution in [2.45, 2.75) is 19.4 Å². The van der Waals surface area contributed by atoms with Crippen molar-refractivity contribution in [3.8, 4) is 0 Å². The van der Waals surface area contributed by atoms with E-state index < -0.39 is 0 Å². The lowest BCUT2D eigenvalue weighted by Gasteiger charge is -2.31. The number of piperidine rings is 1. The maximum absolute atomic E-state index is 12.9. The van der Waals surface area contributed by atoms with Gasteiger partial charge in [-0.1, -0.05) is 24.3 Å². The summed E-state index contributed by atoms with van der Waals surface area (Å²) in [5.74, 6) is 0.684. The number of rotatable bonds is 4. The fourth-order valence-corrected chi connectivity index (χ4v) is 3.38. The highest BCUT2D eigenvalue weighted by Gasteiger charge is 2.26. The molecule has 2 aromatic carbocycles. The number of H-pyrrole nitrogens is 1. The molecule has 4 rings (SSSR count). The molecule has 3 aromatic rings. The number of nitrogens with zero attached hydrogens (tertiary/aromatic N) is 2. The number of halogens is 1. The zero-order chi connectivity index (χ0) is 17.9. The fraction of sp³-hybridized carbons (Fsp3) is 0.300. The van der Waals surface area contributed by atoms with E-state index in [4.69, 9.17) is 0 Å². The van der Waals surface area contributed by atoms with E-state index in [-0.39, 0.29) is 17.6 Å². The van der Waals surface area contributed by atoms with Crippen molar-refractivity contribution >= 4 is 22.9 Å². The molecule has 0 saturated carbocycles. The SMILES string of the molecule is O=C(NCc1ccc(F)cc1)C1CCN(c2nc3ccccc3[nH]2)CC1. The number of fused-ring (bicyclic) bond motifs is 1. The molecule has 1 saturated heterocycles. The van der Waals surface area contributed by atoms with E-state index in [2.05, 4.69) is 20.2 Å². The van der Waals surface area contributed by atoms with Gasteiger partial charge in [0, 0.05) is 25.6 Å². The highest BCUT2D eigenvalue weighted by molar-refractivity contribution is 5.79. The highest BCUT2D eigenvalue weighted by Crippen LogP contribution is 2.23. The quantitative estimate of drug-likeness (QED) is 0.758. The first kappa shape index (κ1) is 16.6. The van der Waals surface area contributed by atoms with Crippen LogP contribution in [0.5, 0.6) is 0 Å². The molecule has 2 heterocycles. The molecule has 1 aliphatic rings. The molecule has 0 bridgehead atoms. The number of aromatic nitrogens is 2. The van der Waals surface area contributed by atoms with Gasteiger partial charge in [0.25, 0.3) is 0 Å². The van der Waals surface area contributed by atoms with Crippen molar-refractivity contribution in [1.82, 2.24) is 15.3 Å². The van der Waals surface area contributed by atoms with Crippen LogP contribution in [0, 0.1) is 11.7 Å². The van der Waals surface area contributed by atoms with Gasteiger partial charge < -0.3 is 15.2 Å². The highest BCUT2D eigenvalue weighted by atomic mass is 19.1. The van der Waals surface area contributed by atoms with Crippen LogP contribution >= 0.6 is 0 Å². The van der Waals surface area contributed by atoms with Gasteiger partial charge in [0.15, 0.2) is 0 Å². The lowest BCUT2D eigenvalue weighted by molar-refractivity contribution is -0.125. The Bertz CT molecular complexity index is 865. The Hall–Kier alpha value is -2.89. The molecule has 1 aliphatic heterocycles. The summed E-state index contributed by atoms with van der Waals surface area (Å²) in [4.78, 5) is 22.6. The first-order valence-corrected chi connectivity index (χ1v) is 8.91. The Morgan fingerprint density at radius 3 is 2.62 bits per heavy atom. The number of hydrogen-bond donors (Lipinski definition) is 2. The summed E-state index contributed by atoms with van der Waals surface area (Å²) in [6, 6.07) is 14.2. The number of carbonyl (C=O) groups excluding carboxylic acids is 1. The predicted molar refractivity (Wildman–Crippen MR) is 99.3 cm³/mol. The molecule has 0 atom stereocenters. The Labute approximate surface area is 151 Å². The molecule has 134 valence electrons. The van der Waals surface area contributed by atoms with Crippen LogP contribution in [-0.2, 0) is 11.3 Å². The monoisotopic (exact) mass is 352 g/mol. The molecule has 1 aromatic heterocycles. The lowest BCUT2D eigenvalue weighted by Crippen LogP contribution is -2.40. The number of nitrogens with one attached hydrogen (secondary N) is 2. The van der Waals surface area contributed by atoms with Crippen LogP contribution in [0.1, 0.15) is 18.4 Å². The van der Waals surface area contributed by atoms with Gasteiger partial charge in [-0.15, -0.1) is 0 Å². The summed E-state index contributed by atoms with van der Waals surface area (Å²) in [6.07, 6.45) is 1.60. The van der Waals surface area contributed by atoms with Crippen LogP contribution in [-0.4, -0.2) is 29.0 Å². The number of para-hydroxylation sites is 2. The summed E-state index contributed by atoms with van der Waals surface area (Å²) in [5, 5.41) is 2.96. The molecule has 26 heavy (non-hydrogen) atoms. The van der Waals surface area contributed by atoms with E-state index in [0.29, 0.717) is 6.54 Å². The lowest BCUT2D eigenvalue weighted by atomic mass is 9.96. The zero-order valence-corrected chi connectivity index (χ0v) is 14.4. The number of carbonyl (C=O) groups is 1. The normalized spacial score (nSPS) is 15.3. The van der Waals surface area contributed by atoms with Gasteiger partial charge in [-0.2, -0.15) is 0 Å². The minimum atomic E-state index is -0.266. The molecule has 0 aliphatic carbocycles. The van der Waals surface area contributed by atoms with E-state index >= 15 is 0 Å². The van der Waals surface area contributed by atoms with Crippen molar-refractivity contribution in [3.05, 3.63) is 59.9 Å². The smallest absolute Gasteiger partial charge is 0.223 e. The molecule has 1 fully saturated rings. The summed E-state index contributed by atoms with van der Waals surface area (Å²) in [5.41, 5.74) is 2.89. The van der Waals surface area contributed by atoms with Crippen LogP contribution in [0.3, 0.4) is 0 Å². The van der Waals surface area contributed by atoms with Crippen molar-refractivity contribution in [2.75, 3.05) is 18.0 Å². The Morgan fingerprint density at radius 1 is 1.15 bits per heavy atom. The first-order chi connectivity index (χ1) is 12.7. The van der Waals surface area contributed by atoms with E-state index in [1.807, 2.05) is 24.3 Å². The average molecular weight is 352 g/mol. The molecule has 2 N–H and O–H groups in total. The predicted octanol–water partition coefficient (Wildman–Crippen LogP) is 3.23. The molecule has 0 radical (unpaired) electrons. The number of anilines is 1. The topological polar surface area (TPSA) is 61.0 Å². The molecular formula is C20H21FN4O. The van der Waals surface area contributed by atoms with E-state index in [1.54, 1.807) is 12.1 Å². The zero-order valence-electron chi connectivity index (χ0n) is 14.4. The summed E-state index contributed by atoms with van der Waals surface area (Å²) in [6.45, 7) is 2.03. The molecule has 1 amide bonds. The van der Waals surface area contributed by atoms with Crippen molar-refractivity contribution < 1.29 is 9.18 Å². The van der Waals surface area contributed by atoms with Crippen LogP contribution in [0.25, 0.3) is 11.0 Å². The molecule has 5 nitrogen and oxygen atoms in total. The van der Waals surface area contributed by atoms with Gasteiger partial charge in [0.1, 0.15) is 5.82 Å². The molecule has 6 heteroatoms. The van der Waals surface area contributed by atoms with Gasteiger partial charge in [-0.25, -0.2) is 9.37 Å². The van der Waals surface area contributed by atoms with Gasteiger partial charge in [-0.05, 0) is 42.7 Å².